The van der Waals surface area contributed by atoms with E-state index in [9.17, 15) is 14.9 Å². The van der Waals surface area contributed by atoms with Crippen molar-refractivity contribution in [3.63, 3.8) is 0 Å². The standard InChI is InChI=1S/C30H23N3O4/c34-29(22-11-5-2-6-12-22)30-28(24-13-7-8-14-27(24)37-30)32-26(21-15-17-23(18-16-21)33(35)36)19-25(31-32)20-9-3-1-4-10-20/h1-18,26,28,30H,19H2. The van der Waals surface area contributed by atoms with Gasteiger partial charge in [0.2, 0.25) is 5.78 Å². The monoisotopic (exact) mass is 489 g/mol. The number of fused-ring (bicyclic) bond motifs is 1. The van der Waals surface area contributed by atoms with Crippen LogP contribution >= 0.6 is 0 Å². The molecule has 2 aliphatic rings. The molecular formula is C30H23N3O4. The number of ketones is 1. The minimum absolute atomic E-state index is 0.0316. The zero-order valence-electron chi connectivity index (χ0n) is 19.8. The second kappa shape index (κ2) is 9.35. The maximum atomic E-state index is 13.7. The fraction of sp³-hybridized carbons (Fsp3) is 0.133. The largest absolute Gasteiger partial charge is 0.479 e. The molecular weight excluding hydrogens is 466 g/mol. The predicted molar refractivity (Wildman–Crippen MR) is 140 cm³/mol. The van der Waals surface area contributed by atoms with E-state index in [1.165, 1.54) is 12.1 Å². The van der Waals surface area contributed by atoms with Gasteiger partial charge in [-0.25, -0.2) is 0 Å². The highest BCUT2D eigenvalue weighted by Crippen LogP contribution is 2.48. The van der Waals surface area contributed by atoms with E-state index in [1.807, 2.05) is 77.8 Å². The summed E-state index contributed by atoms with van der Waals surface area (Å²) in [5.74, 6) is 0.542. The maximum absolute atomic E-state index is 13.7. The van der Waals surface area contributed by atoms with Crippen LogP contribution in [0.5, 0.6) is 5.75 Å². The number of nitro groups is 1. The van der Waals surface area contributed by atoms with Gasteiger partial charge >= 0.3 is 0 Å². The molecule has 4 aromatic rings. The number of hydrogen-bond donors (Lipinski definition) is 0. The van der Waals surface area contributed by atoms with E-state index in [1.54, 1.807) is 24.3 Å². The molecule has 0 saturated heterocycles. The first-order valence-electron chi connectivity index (χ1n) is 12.1. The molecule has 3 unspecified atom stereocenters. The van der Waals surface area contributed by atoms with E-state index in [0.717, 1.165) is 22.4 Å². The van der Waals surface area contributed by atoms with Gasteiger partial charge in [-0.15, -0.1) is 0 Å². The molecule has 7 heteroatoms. The normalized spacial score (nSPS) is 20.2. The summed E-state index contributed by atoms with van der Waals surface area (Å²) >= 11 is 0. The fourth-order valence-corrected chi connectivity index (χ4v) is 5.12. The first-order valence-corrected chi connectivity index (χ1v) is 12.1. The van der Waals surface area contributed by atoms with Crippen LogP contribution in [0.4, 0.5) is 5.69 Å². The molecule has 0 saturated carbocycles. The number of non-ortho nitro benzene ring substituents is 1. The second-order valence-electron chi connectivity index (χ2n) is 9.11. The number of para-hydroxylation sites is 1. The SMILES string of the molecule is O=C(c1ccccc1)C1Oc2ccccc2C1N1N=C(c2ccccc2)CC1c1ccc([N+](=O)[O-])cc1. The third-order valence-corrected chi connectivity index (χ3v) is 6.92. The van der Waals surface area contributed by atoms with Gasteiger partial charge in [0.15, 0.2) is 6.10 Å². The molecule has 6 rings (SSSR count). The number of nitrogens with zero attached hydrogens (tertiary/aromatic N) is 3. The molecule has 3 atom stereocenters. The van der Waals surface area contributed by atoms with Crippen LogP contribution in [0.15, 0.2) is 114 Å². The van der Waals surface area contributed by atoms with Gasteiger partial charge in [-0.3, -0.25) is 19.9 Å². The van der Waals surface area contributed by atoms with Crippen LogP contribution in [0.3, 0.4) is 0 Å². The van der Waals surface area contributed by atoms with Gasteiger partial charge in [0.1, 0.15) is 11.8 Å². The zero-order chi connectivity index (χ0) is 25.4. The Bertz CT molecular complexity index is 1490. The third-order valence-electron chi connectivity index (χ3n) is 6.92. The van der Waals surface area contributed by atoms with Crippen molar-refractivity contribution in [3.05, 3.63) is 142 Å². The highest BCUT2D eigenvalue weighted by atomic mass is 16.6. The molecule has 4 aromatic carbocycles. The van der Waals surface area contributed by atoms with Crippen LogP contribution in [0.2, 0.25) is 0 Å². The van der Waals surface area contributed by atoms with Crippen LogP contribution in [0, 0.1) is 10.1 Å². The molecule has 0 fully saturated rings. The summed E-state index contributed by atoms with van der Waals surface area (Å²) in [4.78, 5) is 24.6. The van der Waals surface area contributed by atoms with E-state index in [2.05, 4.69) is 0 Å². The smallest absolute Gasteiger partial charge is 0.269 e. The number of hydrogen-bond acceptors (Lipinski definition) is 6. The van der Waals surface area contributed by atoms with Gasteiger partial charge in [-0.2, -0.15) is 5.10 Å². The van der Waals surface area contributed by atoms with E-state index in [0.29, 0.717) is 17.7 Å². The van der Waals surface area contributed by atoms with Gasteiger partial charge in [0.25, 0.3) is 5.69 Å². The minimum atomic E-state index is -0.792. The average molecular weight is 490 g/mol. The number of Topliss-reactive ketones (excluding diaryl/α,β-unsaturated/α-hetero) is 1. The summed E-state index contributed by atoms with van der Waals surface area (Å²) < 4.78 is 6.27. The Hall–Kier alpha value is -4.78. The summed E-state index contributed by atoms with van der Waals surface area (Å²) in [7, 11) is 0. The lowest BCUT2D eigenvalue weighted by Gasteiger charge is -2.32. The Kier molecular flexibility index (Phi) is 5.73. The van der Waals surface area contributed by atoms with E-state index in [4.69, 9.17) is 9.84 Å². The summed E-state index contributed by atoms with van der Waals surface area (Å²) in [6.07, 6.45) is -0.202. The van der Waals surface area contributed by atoms with Crippen molar-refractivity contribution in [2.45, 2.75) is 24.6 Å². The molecule has 7 nitrogen and oxygen atoms in total. The summed E-state index contributed by atoms with van der Waals surface area (Å²) in [6, 6.07) is 32.6. The van der Waals surface area contributed by atoms with Gasteiger partial charge < -0.3 is 4.74 Å². The van der Waals surface area contributed by atoms with Gasteiger partial charge in [-0.1, -0.05) is 91.0 Å². The van der Waals surface area contributed by atoms with Crippen LogP contribution in [-0.4, -0.2) is 27.5 Å². The second-order valence-corrected chi connectivity index (χ2v) is 9.11. The molecule has 0 aliphatic carbocycles. The molecule has 0 aromatic heterocycles. The van der Waals surface area contributed by atoms with Crippen LogP contribution in [0.1, 0.15) is 45.6 Å². The molecule has 182 valence electrons. The van der Waals surface area contributed by atoms with Crippen LogP contribution in [0.25, 0.3) is 0 Å². The first-order chi connectivity index (χ1) is 18.1. The number of benzene rings is 4. The molecule has 2 aliphatic heterocycles. The van der Waals surface area contributed by atoms with Crippen molar-refractivity contribution in [3.8, 4) is 5.75 Å². The number of ether oxygens (including phenoxy) is 1. The first kappa shape index (κ1) is 22.7. The van der Waals surface area contributed by atoms with Crippen LogP contribution in [-0.2, 0) is 0 Å². The Labute approximate surface area is 213 Å². The quantitative estimate of drug-likeness (QED) is 0.185. The third kappa shape index (κ3) is 4.14. The average Bonchev–Trinajstić information content (AvgIpc) is 3.55. The molecule has 0 spiro atoms. The highest BCUT2D eigenvalue weighted by molar-refractivity contribution is 6.02. The lowest BCUT2D eigenvalue weighted by molar-refractivity contribution is -0.384. The number of carbonyl (C=O) groups is 1. The number of nitro benzene ring substituents is 1. The maximum Gasteiger partial charge on any atom is 0.269 e. The van der Waals surface area contributed by atoms with Crippen molar-refractivity contribution in [1.29, 1.82) is 0 Å². The summed E-state index contributed by atoms with van der Waals surface area (Å²) in [5, 5.41) is 18.3. The lowest BCUT2D eigenvalue weighted by atomic mass is 9.93. The van der Waals surface area contributed by atoms with Crippen molar-refractivity contribution in [2.75, 3.05) is 0 Å². The highest BCUT2D eigenvalue weighted by Gasteiger charge is 2.47. The van der Waals surface area contributed by atoms with Crippen molar-refractivity contribution in [2.24, 2.45) is 5.10 Å². The molecule has 2 heterocycles. The molecule has 0 bridgehead atoms. The number of rotatable bonds is 6. The van der Waals surface area contributed by atoms with E-state index in [-0.39, 0.29) is 17.5 Å². The fourth-order valence-electron chi connectivity index (χ4n) is 5.12. The number of hydrazone groups is 1. The van der Waals surface area contributed by atoms with Crippen LogP contribution < -0.4 is 4.74 Å². The van der Waals surface area contributed by atoms with Gasteiger partial charge in [-0.05, 0) is 17.2 Å². The van der Waals surface area contributed by atoms with E-state index >= 15 is 0 Å². The van der Waals surface area contributed by atoms with Gasteiger partial charge in [0, 0.05) is 29.7 Å². The summed E-state index contributed by atoms with van der Waals surface area (Å²) in [5.41, 5.74) is 4.26. The summed E-state index contributed by atoms with van der Waals surface area (Å²) in [6.45, 7) is 0. The van der Waals surface area contributed by atoms with Crippen molar-refractivity contribution in [1.82, 2.24) is 5.01 Å². The predicted octanol–water partition coefficient (Wildman–Crippen LogP) is 6.13. The molecule has 37 heavy (non-hydrogen) atoms. The van der Waals surface area contributed by atoms with Crippen molar-refractivity contribution >= 4 is 17.2 Å². The van der Waals surface area contributed by atoms with Crippen molar-refractivity contribution < 1.29 is 14.5 Å². The van der Waals surface area contributed by atoms with E-state index < -0.39 is 17.1 Å². The Morgan fingerprint density at radius 3 is 2.22 bits per heavy atom. The zero-order valence-corrected chi connectivity index (χ0v) is 19.8. The lowest BCUT2D eigenvalue weighted by Crippen LogP contribution is -2.38. The minimum Gasteiger partial charge on any atom is -0.479 e. The molecule has 0 radical (unpaired) electrons. The Morgan fingerprint density at radius 2 is 1.51 bits per heavy atom. The topological polar surface area (TPSA) is 85.0 Å². The Balaban J connectivity index is 1.46. The van der Waals surface area contributed by atoms with Gasteiger partial charge in [0.05, 0.1) is 16.7 Å². The molecule has 0 amide bonds. The Morgan fingerprint density at radius 1 is 0.865 bits per heavy atom. The number of carbonyl (C=O) groups excluding carboxylic acids is 1. The molecule has 0 N–H and O–H groups in total.